The normalized spacial score (nSPS) is 10.7. The third-order valence-corrected chi connectivity index (χ3v) is 4.50. The van der Waals surface area contributed by atoms with Gasteiger partial charge in [0, 0.05) is 42.5 Å². The van der Waals surface area contributed by atoms with E-state index in [2.05, 4.69) is 15.3 Å². The van der Waals surface area contributed by atoms with E-state index in [1.807, 2.05) is 36.4 Å². The van der Waals surface area contributed by atoms with Gasteiger partial charge in [-0.25, -0.2) is 9.97 Å². The lowest BCUT2D eigenvalue weighted by Crippen LogP contribution is -2.23. The fraction of sp³-hybridized carbons (Fsp3) is 0.211. The zero-order chi connectivity index (χ0) is 19.6. The molecule has 0 aliphatic carbocycles. The van der Waals surface area contributed by atoms with E-state index in [1.54, 1.807) is 26.1 Å². The number of halogens is 2. The number of likely N-dealkylation sites (N-methyl/N-ethyl adjacent to an activating group) is 1. The number of nitrogens with one attached hydrogen (secondary N) is 1. The Morgan fingerprint density at radius 2 is 1.81 bits per heavy atom. The second-order valence-corrected chi connectivity index (χ2v) is 6.83. The van der Waals surface area contributed by atoms with E-state index in [0.717, 1.165) is 16.9 Å². The van der Waals surface area contributed by atoms with Crippen LogP contribution in [0.5, 0.6) is 5.75 Å². The van der Waals surface area contributed by atoms with Crippen molar-refractivity contribution in [1.29, 1.82) is 0 Å². The summed E-state index contributed by atoms with van der Waals surface area (Å²) in [7, 11) is 5.04. The molecule has 0 bridgehead atoms. The molecule has 1 heterocycles. The van der Waals surface area contributed by atoms with Gasteiger partial charge < -0.3 is 15.0 Å². The van der Waals surface area contributed by atoms with Crippen LogP contribution in [0.4, 0.5) is 11.4 Å². The Bertz CT molecular complexity index is 1010. The highest BCUT2D eigenvalue weighted by Gasteiger charge is 2.12. The zero-order valence-electron chi connectivity index (χ0n) is 15.1. The van der Waals surface area contributed by atoms with Crippen LogP contribution >= 0.6 is 23.2 Å². The maximum atomic E-state index is 12.0. The summed E-state index contributed by atoms with van der Waals surface area (Å²) in [6, 6.07) is 11.2. The third-order valence-electron chi connectivity index (χ3n) is 4.04. The fourth-order valence-electron chi connectivity index (χ4n) is 2.60. The molecular formula is C19H18Cl2N4O2. The van der Waals surface area contributed by atoms with Crippen LogP contribution in [0, 0.1) is 0 Å². The molecule has 1 amide bonds. The number of anilines is 2. The predicted molar refractivity (Wildman–Crippen MR) is 108 cm³/mol. The molecule has 0 radical (unpaired) electrons. The lowest BCUT2D eigenvalue weighted by molar-refractivity contribution is -0.127. The van der Waals surface area contributed by atoms with Crippen LogP contribution < -0.4 is 10.1 Å². The monoisotopic (exact) mass is 404 g/mol. The van der Waals surface area contributed by atoms with Gasteiger partial charge >= 0.3 is 0 Å². The van der Waals surface area contributed by atoms with Gasteiger partial charge in [-0.1, -0.05) is 17.7 Å². The molecule has 2 aromatic carbocycles. The topological polar surface area (TPSA) is 67.3 Å². The quantitative estimate of drug-likeness (QED) is 0.506. The molecule has 0 saturated carbocycles. The molecule has 0 spiro atoms. The Balaban J connectivity index is 1.87. The smallest absolute Gasteiger partial charge is 0.226 e. The molecule has 27 heavy (non-hydrogen) atoms. The van der Waals surface area contributed by atoms with E-state index >= 15 is 0 Å². The summed E-state index contributed by atoms with van der Waals surface area (Å²) < 4.78 is 5.44. The number of carbonyl (C=O) groups excluding carboxylic acids is 1. The summed E-state index contributed by atoms with van der Waals surface area (Å²) in [4.78, 5) is 21.6. The number of rotatable bonds is 5. The first-order valence-electron chi connectivity index (χ1n) is 8.14. The van der Waals surface area contributed by atoms with Crippen LogP contribution in [0.25, 0.3) is 10.9 Å². The lowest BCUT2D eigenvalue weighted by atomic mass is 10.1. The van der Waals surface area contributed by atoms with Gasteiger partial charge in [-0.2, -0.15) is 0 Å². The molecule has 0 saturated heterocycles. The van der Waals surface area contributed by atoms with Gasteiger partial charge in [-0.15, -0.1) is 0 Å². The predicted octanol–water partition coefficient (Wildman–Crippen LogP) is 4.32. The van der Waals surface area contributed by atoms with Gasteiger partial charge in [0.25, 0.3) is 0 Å². The first-order valence-corrected chi connectivity index (χ1v) is 8.90. The number of hydrogen-bond donors (Lipinski definition) is 1. The number of methoxy groups -OCH3 is 1. The average Bonchev–Trinajstić information content (AvgIpc) is 2.63. The van der Waals surface area contributed by atoms with E-state index < -0.39 is 0 Å². The van der Waals surface area contributed by atoms with Crippen LogP contribution in [0.3, 0.4) is 0 Å². The van der Waals surface area contributed by atoms with Crippen molar-refractivity contribution >= 4 is 51.4 Å². The van der Waals surface area contributed by atoms with E-state index in [-0.39, 0.29) is 17.6 Å². The Labute approximate surface area is 167 Å². The number of hydrogen-bond acceptors (Lipinski definition) is 5. The summed E-state index contributed by atoms with van der Waals surface area (Å²) in [6.45, 7) is 0. The van der Waals surface area contributed by atoms with Gasteiger partial charge in [0.1, 0.15) is 10.9 Å². The second kappa shape index (κ2) is 7.98. The van der Waals surface area contributed by atoms with Crippen LogP contribution in [0.2, 0.25) is 10.4 Å². The van der Waals surface area contributed by atoms with E-state index in [4.69, 9.17) is 27.9 Å². The van der Waals surface area contributed by atoms with Crippen molar-refractivity contribution in [3.8, 4) is 5.75 Å². The minimum absolute atomic E-state index is 0.0110. The maximum absolute atomic E-state index is 12.0. The van der Waals surface area contributed by atoms with Crippen molar-refractivity contribution in [2.75, 3.05) is 26.5 Å². The molecule has 1 aromatic heterocycles. The van der Waals surface area contributed by atoms with Gasteiger partial charge in [0.15, 0.2) is 0 Å². The van der Waals surface area contributed by atoms with Gasteiger partial charge in [-0.3, -0.25) is 4.79 Å². The zero-order valence-corrected chi connectivity index (χ0v) is 16.6. The number of fused-ring (bicyclic) bond motifs is 1. The summed E-state index contributed by atoms with van der Waals surface area (Å²) in [6.07, 6.45) is 0.278. The van der Waals surface area contributed by atoms with Gasteiger partial charge in [-0.05, 0) is 35.9 Å². The lowest BCUT2D eigenvalue weighted by Gasteiger charge is -2.14. The maximum Gasteiger partial charge on any atom is 0.226 e. The van der Waals surface area contributed by atoms with Crippen molar-refractivity contribution in [1.82, 2.24) is 14.9 Å². The molecule has 1 N–H and O–H groups in total. The Morgan fingerprint density at radius 3 is 2.52 bits per heavy atom. The highest BCUT2D eigenvalue weighted by Crippen LogP contribution is 2.29. The minimum Gasteiger partial charge on any atom is -0.496 e. The van der Waals surface area contributed by atoms with Gasteiger partial charge in [0.05, 0.1) is 19.0 Å². The second-order valence-electron chi connectivity index (χ2n) is 6.13. The van der Waals surface area contributed by atoms with Crippen LogP contribution in [0.15, 0.2) is 36.4 Å². The molecule has 0 atom stereocenters. The molecule has 140 valence electrons. The van der Waals surface area contributed by atoms with Crippen molar-refractivity contribution in [3.05, 3.63) is 52.4 Å². The molecule has 0 unspecified atom stereocenters. The fourth-order valence-corrected chi connectivity index (χ4v) is 3.05. The Morgan fingerprint density at radius 1 is 1.11 bits per heavy atom. The molecule has 0 aliphatic rings. The van der Waals surface area contributed by atoms with E-state index in [0.29, 0.717) is 21.8 Å². The SMILES string of the molecule is COc1cc(Nc2ccc3nc(Cl)nc(Cl)c3c2)ccc1CC(=O)N(C)C. The van der Waals surface area contributed by atoms with Crippen molar-refractivity contribution < 1.29 is 9.53 Å². The first kappa shape index (κ1) is 19.2. The van der Waals surface area contributed by atoms with Gasteiger partial charge in [0.2, 0.25) is 11.2 Å². The van der Waals surface area contributed by atoms with Crippen molar-refractivity contribution in [3.63, 3.8) is 0 Å². The summed E-state index contributed by atoms with van der Waals surface area (Å²) in [5.41, 5.74) is 3.12. The summed E-state index contributed by atoms with van der Waals surface area (Å²) in [5.74, 6) is 0.654. The molecule has 3 aromatic rings. The Kier molecular flexibility index (Phi) is 5.68. The van der Waals surface area contributed by atoms with E-state index in [9.17, 15) is 4.79 Å². The summed E-state index contributed by atoms with van der Waals surface area (Å²) >= 11 is 12.0. The molecule has 0 fully saturated rings. The molecule has 6 nitrogen and oxygen atoms in total. The number of amides is 1. The highest BCUT2D eigenvalue weighted by atomic mass is 35.5. The third kappa shape index (κ3) is 4.40. The average molecular weight is 405 g/mol. The number of aromatic nitrogens is 2. The van der Waals surface area contributed by atoms with E-state index in [1.165, 1.54) is 0 Å². The highest BCUT2D eigenvalue weighted by molar-refractivity contribution is 6.35. The van der Waals surface area contributed by atoms with Crippen LogP contribution in [-0.2, 0) is 11.2 Å². The van der Waals surface area contributed by atoms with Crippen LogP contribution in [0.1, 0.15) is 5.56 Å². The molecular weight excluding hydrogens is 387 g/mol. The summed E-state index contributed by atoms with van der Waals surface area (Å²) in [5, 5.41) is 4.40. The largest absolute Gasteiger partial charge is 0.496 e. The van der Waals surface area contributed by atoms with Crippen molar-refractivity contribution in [2.45, 2.75) is 6.42 Å². The molecule has 3 rings (SSSR count). The Hall–Kier alpha value is -2.57. The minimum atomic E-state index is 0.0110. The first-order chi connectivity index (χ1) is 12.9. The molecule has 0 aliphatic heterocycles. The number of nitrogens with zero attached hydrogens (tertiary/aromatic N) is 3. The number of benzene rings is 2. The van der Waals surface area contributed by atoms with Crippen molar-refractivity contribution in [2.24, 2.45) is 0 Å². The standard InChI is InChI=1S/C19H18Cl2N4O2/c1-25(2)17(26)8-11-4-5-13(10-16(11)27-3)22-12-6-7-15-14(9-12)18(20)24-19(21)23-15/h4-7,9-10,22H,8H2,1-3H3. The van der Waals surface area contributed by atoms with Crippen LogP contribution in [-0.4, -0.2) is 42.0 Å². The number of carbonyl (C=O) groups is 1. The number of ether oxygens (including phenoxy) is 1. The molecule has 8 heteroatoms.